The van der Waals surface area contributed by atoms with Gasteiger partial charge in [-0.05, 0) is 18.4 Å². The van der Waals surface area contributed by atoms with Crippen molar-refractivity contribution in [2.45, 2.75) is 12.8 Å². The fraction of sp³-hybridized carbons (Fsp3) is 0.273. The summed E-state index contributed by atoms with van der Waals surface area (Å²) in [7, 11) is 0. The van der Waals surface area contributed by atoms with E-state index in [1.165, 1.54) is 0 Å². The molecular formula is C11H10O2. The molecule has 1 aliphatic rings. The molecule has 2 nitrogen and oxygen atoms in total. The maximum atomic E-state index is 11.6. The number of ketones is 1. The fourth-order valence-corrected chi connectivity index (χ4v) is 1.75. The van der Waals surface area contributed by atoms with E-state index in [-0.39, 0.29) is 5.78 Å². The van der Waals surface area contributed by atoms with Crippen molar-refractivity contribution in [1.82, 2.24) is 0 Å². The van der Waals surface area contributed by atoms with Gasteiger partial charge in [0.2, 0.25) is 0 Å². The van der Waals surface area contributed by atoms with Crippen LogP contribution in [0.25, 0.3) is 0 Å². The Hall–Kier alpha value is -1.44. The van der Waals surface area contributed by atoms with E-state index < -0.39 is 5.92 Å². The summed E-state index contributed by atoms with van der Waals surface area (Å²) in [5.41, 5.74) is 1.80. The number of fused-ring (bicyclic) bond motifs is 1. The third-order valence-corrected chi connectivity index (χ3v) is 2.51. The van der Waals surface area contributed by atoms with Crippen molar-refractivity contribution < 1.29 is 9.59 Å². The first-order chi connectivity index (χ1) is 6.33. The molecule has 0 bridgehead atoms. The van der Waals surface area contributed by atoms with Gasteiger partial charge in [-0.3, -0.25) is 4.79 Å². The molecule has 1 aliphatic carbocycles. The normalized spacial score (nSPS) is 20.9. The fourth-order valence-electron chi connectivity index (χ4n) is 1.75. The van der Waals surface area contributed by atoms with Crippen molar-refractivity contribution in [3.8, 4) is 0 Å². The highest BCUT2D eigenvalue weighted by molar-refractivity contribution is 6.07. The van der Waals surface area contributed by atoms with E-state index in [9.17, 15) is 9.59 Å². The average Bonchev–Trinajstić information content (AvgIpc) is 2.19. The first kappa shape index (κ1) is 8.17. The number of rotatable bonds is 1. The lowest BCUT2D eigenvalue weighted by Crippen LogP contribution is -2.23. The number of hydrogen-bond acceptors (Lipinski definition) is 2. The number of aryl methyl sites for hydroxylation is 1. The molecule has 0 fully saturated rings. The third kappa shape index (κ3) is 1.28. The monoisotopic (exact) mass is 174 g/mol. The number of carbonyl (C=O) groups is 2. The Labute approximate surface area is 76.6 Å². The summed E-state index contributed by atoms with van der Waals surface area (Å²) in [4.78, 5) is 22.2. The van der Waals surface area contributed by atoms with Gasteiger partial charge in [0.1, 0.15) is 6.29 Å². The number of hydrogen-bond donors (Lipinski definition) is 0. The number of Topliss-reactive ketones (excluding diaryl/α,β-unsaturated/α-hetero) is 1. The molecule has 1 atom stereocenters. The zero-order valence-electron chi connectivity index (χ0n) is 7.19. The zero-order chi connectivity index (χ0) is 9.26. The molecular weight excluding hydrogens is 164 g/mol. The Kier molecular flexibility index (Phi) is 1.97. The van der Waals surface area contributed by atoms with Crippen molar-refractivity contribution in [1.29, 1.82) is 0 Å². The van der Waals surface area contributed by atoms with E-state index in [0.717, 1.165) is 23.8 Å². The van der Waals surface area contributed by atoms with Crippen molar-refractivity contribution in [2.24, 2.45) is 5.92 Å². The molecule has 0 spiro atoms. The smallest absolute Gasteiger partial charge is 0.173 e. The second kappa shape index (κ2) is 3.13. The van der Waals surface area contributed by atoms with Crippen molar-refractivity contribution in [3.05, 3.63) is 35.4 Å². The van der Waals surface area contributed by atoms with Gasteiger partial charge < -0.3 is 4.79 Å². The van der Waals surface area contributed by atoms with Gasteiger partial charge in [-0.15, -0.1) is 0 Å². The lowest BCUT2D eigenvalue weighted by Gasteiger charge is -2.18. The lowest BCUT2D eigenvalue weighted by molar-refractivity contribution is -0.110. The van der Waals surface area contributed by atoms with Crippen LogP contribution >= 0.6 is 0 Å². The topological polar surface area (TPSA) is 34.1 Å². The van der Waals surface area contributed by atoms with Gasteiger partial charge in [0.25, 0.3) is 0 Å². The van der Waals surface area contributed by atoms with E-state index in [1.54, 1.807) is 6.07 Å². The maximum absolute atomic E-state index is 11.6. The summed E-state index contributed by atoms with van der Waals surface area (Å²) < 4.78 is 0. The van der Waals surface area contributed by atoms with Crippen LogP contribution in [-0.2, 0) is 11.2 Å². The Bertz CT molecular complexity index is 355. The summed E-state index contributed by atoms with van der Waals surface area (Å²) in [5.74, 6) is -0.424. The summed E-state index contributed by atoms with van der Waals surface area (Å²) in [6.07, 6.45) is 2.27. The first-order valence-corrected chi connectivity index (χ1v) is 4.40. The highest BCUT2D eigenvalue weighted by Gasteiger charge is 2.25. The molecule has 0 unspecified atom stereocenters. The van der Waals surface area contributed by atoms with E-state index in [4.69, 9.17) is 0 Å². The minimum Gasteiger partial charge on any atom is -0.303 e. The van der Waals surface area contributed by atoms with Crippen molar-refractivity contribution >= 4 is 12.1 Å². The van der Waals surface area contributed by atoms with E-state index >= 15 is 0 Å². The molecule has 0 aromatic heterocycles. The average molecular weight is 174 g/mol. The maximum Gasteiger partial charge on any atom is 0.173 e. The van der Waals surface area contributed by atoms with Crippen molar-refractivity contribution in [2.75, 3.05) is 0 Å². The first-order valence-electron chi connectivity index (χ1n) is 4.40. The number of aldehydes is 1. The molecule has 0 saturated carbocycles. The van der Waals surface area contributed by atoms with E-state index in [1.807, 2.05) is 18.2 Å². The van der Waals surface area contributed by atoms with E-state index in [0.29, 0.717) is 6.42 Å². The minimum atomic E-state index is -0.408. The van der Waals surface area contributed by atoms with Crippen LogP contribution in [0.4, 0.5) is 0 Å². The summed E-state index contributed by atoms with van der Waals surface area (Å²) in [6, 6.07) is 7.51. The predicted molar refractivity (Wildman–Crippen MR) is 48.6 cm³/mol. The summed E-state index contributed by atoms with van der Waals surface area (Å²) in [6.45, 7) is 0. The van der Waals surface area contributed by atoms with Crippen LogP contribution in [0, 0.1) is 5.92 Å². The van der Waals surface area contributed by atoms with Crippen LogP contribution in [0.5, 0.6) is 0 Å². The number of carbonyl (C=O) groups excluding carboxylic acids is 2. The third-order valence-electron chi connectivity index (χ3n) is 2.51. The molecule has 0 saturated heterocycles. The zero-order valence-corrected chi connectivity index (χ0v) is 7.19. The van der Waals surface area contributed by atoms with Crippen LogP contribution < -0.4 is 0 Å². The predicted octanol–water partition coefficient (Wildman–Crippen LogP) is 1.63. The molecule has 1 aromatic carbocycles. The van der Waals surface area contributed by atoms with Gasteiger partial charge in [0.15, 0.2) is 5.78 Å². The van der Waals surface area contributed by atoms with Crippen LogP contribution in [0.3, 0.4) is 0 Å². The summed E-state index contributed by atoms with van der Waals surface area (Å²) in [5, 5.41) is 0. The molecule has 66 valence electrons. The molecule has 0 heterocycles. The second-order valence-electron chi connectivity index (χ2n) is 3.30. The van der Waals surface area contributed by atoms with Crippen LogP contribution in [0.1, 0.15) is 22.3 Å². The quantitative estimate of drug-likeness (QED) is 0.479. The molecule has 2 rings (SSSR count). The Morgan fingerprint density at radius 2 is 2.08 bits per heavy atom. The largest absolute Gasteiger partial charge is 0.303 e. The highest BCUT2D eigenvalue weighted by Crippen LogP contribution is 2.23. The van der Waals surface area contributed by atoms with Gasteiger partial charge >= 0.3 is 0 Å². The van der Waals surface area contributed by atoms with Gasteiger partial charge in [-0.1, -0.05) is 24.3 Å². The van der Waals surface area contributed by atoms with Crippen molar-refractivity contribution in [3.63, 3.8) is 0 Å². The van der Waals surface area contributed by atoms with Gasteiger partial charge in [-0.2, -0.15) is 0 Å². The Morgan fingerprint density at radius 3 is 2.85 bits per heavy atom. The Morgan fingerprint density at radius 1 is 1.31 bits per heavy atom. The SMILES string of the molecule is O=C[C@@H]1CCc2ccccc2C1=O. The molecule has 1 aromatic rings. The molecule has 0 aliphatic heterocycles. The van der Waals surface area contributed by atoms with Gasteiger partial charge in [0, 0.05) is 5.56 Å². The lowest BCUT2D eigenvalue weighted by atomic mass is 9.84. The van der Waals surface area contributed by atoms with Crippen LogP contribution in [0.2, 0.25) is 0 Å². The molecule has 13 heavy (non-hydrogen) atoms. The second-order valence-corrected chi connectivity index (χ2v) is 3.30. The van der Waals surface area contributed by atoms with Crippen LogP contribution in [0.15, 0.2) is 24.3 Å². The molecule has 0 amide bonds. The summed E-state index contributed by atoms with van der Waals surface area (Å²) >= 11 is 0. The highest BCUT2D eigenvalue weighted by atomic mass is 16.1. The standard InChI is InChI=1S/C11H10O2/c12-7-9-6-5-8-3-1-2-4-10(8)11(9)13/h1-4,7,9H,5-6H2/t9-/m0/s1. The molecule has 0 N–H and O–H groups in total. The van der Waals surface area contributed by atoms with Crippen LogP contribution in [-0.4, -0.2) is 12.1 Å². The van der Waals surface area contributed by atoms with Gasteiger partial charge in [0.05, 0.1) is 5.92 Å². The molecule has 0 radical (unpaired) electrons. The Balaban J connectivity index is 2.45. The van der Waals surface area contributed by atoms with Gasteiger partial charge in [-0.25, -0.2) is 0 Å². The number of benzene rings is 1. The van der Waals surface area contributed by atoms with E-state index in [2.05, 4.69) is 0 Å². The minimum absolute atomic E-state index is 0.0168. The molecule has 2 heteroatoms.